The first kappa shape index (κ1) is 10.7. The Bertz CT molecular complexity index is 360. The molecule has 0 saturated carbocycles. The summed E-state index contributed by atoms with van der Waals surface area (Å²) >= 11 is 5.06. The second-order valence-corrected chi connectivity index (χ2v) is 2.92. The van der Waals surface area contributed by atoms with Crippen molar-refractivity contribution in [1.29, 1.82) is 0 Å². The third kappa shape index (κ3) is 2.57. The molecule has 3 nitrogen and oxygen atoms in total. The maximum atomic E-state index is 11.4. The number of hydrogen-bond acceptors (Lipinski definition) is 3. The summed E-state index contributed by atoms with van der Waals surface area (Å²) in [6.07, 6.45) is 0.358. The molecule has 0 aliphatic rings. The van der Waals surface area contributed by atoms with Crippen LogP contribution in [-0.4, -0.2) is 11.2 Å². The first-order chi connectivity index (χ1) is 6.65. The first-order valence-electron chi connectivity index (χ1n) is 4.14. The van der Waals surface area contributed by atoms with Crippen molar-refractivity contribution < 1.29 is 14.3 Å². The third-order valence-electron chi connectivity index (χ3n) is 1.70. The summed E-state index contributed by atoms with van der Waals surface area (Å²) < 4.78 is 4.67. The summed E-state index contributed by atoms with van der Waals surface area (Å²) in [5, 5.41) is 0. The minimum atomic E-state index is -0.943. The van der Waals surface area contributed by atoms with Crippen LogP contribution in [0.4, 0.5) is 4.79 Å². The molecule has 0 unspecified atom stereocenters. The lowest BCUT2D eigenvalue weighted by atomic mass is 10.1. The highest BCUT2D eigenvalue weighted by Gasteiger charge is 2.11. The summed E-state index contributed by atoms with van der Waals surface area (Å²) in [5.74, 6) is 0.123. The van der Waals surface area contributed by atoms with Gasteiger partial charge in [-0.15, -0.1) is 0 Å². The summed E-state index contributed by atoms with van der Waals surface area (Å²) in [7, 11) is 0. The summed E-state index contributed by atoms with van der Waals surface area (Å²) in [6.45, 7) is 1.74. The monoisotopic (exact) mass is 212 g/mol. The molecule has 1 rings (SSSR count). The number of hydrogen-bond donors (Lipinski definition) is 0. The van der Waals surface area contributed by atoms with Gasteiger partial charge < -0.3 is 4.74 Å². The molecule has 0 amide bonds. The highest BCUT2D eigenvalue weighted by atomic mass is 35.5. The van der Waals surface area contributed by atoms with Crippen molar-refractivity contribution in [3.63, 3.8) is 0 Å². The lowest BCUT2D eigenvalue weighted by molar-refractivity contribution is 0.0986. The van der Waals surface area contributed by atoms with Crippen LogP contribution in [0.3, 0.4) is 0 Å². The summed E-state index contributed by atoms with van der Waals surface area (Å²) in [5.41, 5.74) is -0.564. The van der Waals surface area contributed by atoms with E-state index >= 15 is 0 Å². The number of Topliss-reactive ketones (excluding diaryl/α,β-unsaturated/α-hetero) is 1. The van der Waals surface area contributed by atoms with Gasteiger partial charge in [0.15, 0.2) is 5.78 Å². The van der Waals surface area contributed by atoms with Crippen LogP contribution in [0.2, 0.25) is 0 Å². The van der Waals surface area contributed by atoms with E-state index in [0.717, 1.165) is 0 Å². The van der Waals surface area contributed by atoms with Crippen LogP contribution in [0, 0.1) is 0 Å². The molecule has 1 aromatic carbocycles. The topological polar surface area (TPSA) is 43.4 Å². The molecule has 74 valence electrons. The van der Waals surface area contributed by atoms with E-state index < -0.39 is 5.43 Å². The van der Waals surface area contributed by atoms with Gasteiger partial charge in [-0.05, 0) is 12.1 Å². The van der Waals surface area contributed by atoms with Gasteiger partial charge in [-0.3, -0.25) is 4.79 Å². The molecule has 0 saturated heterocycles. The molecule has 0 spiro atoms. The Labute approximate surface area is 86.6 Å². The molecular weight excluding hydrogens is 204 g/mol. The lowest BCUT2D eigenvalue weighted by Crippen LogP contribution is -2.04. The van der Waals surface area contributed by atoms with E-state index in [-0.39, 0.29) is 11.5 Å². The largest absolute Gasteiger partial charge is 0.414 e. The second kappa shape index (κ2) is 4.77. The third-order valence-corrected chi connectivity index (χ3v) is 1.78. The lowest BCUT2D eigenvalue weighted by Gasteiger charge is -2.05. The smallest absolute Gasteiger partial charge is 0.409 e. The summed E-state index contributed by atoms with van der Waals surface area (Å²) in [6, 6.07) is 6.50. The number of carbonyl (C=O) groups is 2. The van der Waals surface area contributed by atoms with Crippen molar-refractivity contribution in [2.24, 2.45) is 0 Å². The average Bonchev–Trinajstić information content (AvgIpc) is 2.16. The molecule has 0 heterocycles. The van der Waals surface area contributed by atoms with E-state index in [4.69, 9.17) is 11.6 Å². The van der Waals surface area contributed by atoms with Gasteiger partial charge in [-0.2, -0.15) is 0 Å². The Morgan fingerprint density at radius 1 is 1.36 bits per heavy atom. The zero-order valence-corrected chi connectivity index (χ0v) is 8.38. The van der Waals surface area contributed by atoms with E-state index in [1.165, 1.54) is 6.07 Å². The molecule has 1 aromatic rings. The molecular formula is C10H9ClO3. The Morgan fingerprint density at radius 2 is 2.00 bits per heavy atom. The minimum absolute atomic E-state index is 0.0847. The van der Waals surface area contributed by atoms with E-state index in [1.54, 1.807) is 25.1 Å². The van der Waals surface area contributed by atoms with Gasteiger partial charge in [0, 0.05) is 18.0 Å². The average molecular weight is 213 g/mol. The number of rotatable bonds is 3. The fraction of sp³-hybridized carbons (Fsp3) is 0.200. The van der Waals surface area contributed by atoms with Gasteiger partial charge in [-0.25, -0.2) is 4.79 Å². The minimum Gasteiger partial charge on any atom is -0.414 e. The van der Waals surface area contributed by atoms with Gasteiger partial charge in [0.2, 0.25) is 0 Å². The quantitative estimate of drug-likeness (QED) is 0.571. The van der Waals surface area contributed by atoms with Crippen LogP contribution in [0.25, 0.3) is 0 Å². The molecule has 0 aliphatic carbocycles. The number of carbonyl (C=O) groups excluding carboxylic acids is 2. The Kier molecular flexibility index (Phi) is 3.65. The summed E-state index contributed by atoms with van der Waals surface area (Å²) in [4.78, 5) is 21.9. The molecule has 0 radical (unpaired) electrons. The number of para-hydroxylation sites is 1. The molecule has 0 atom stereocenters. The normalized spacial score (nSPS) is 9.57. The SMILES string of the molecule is CCC(=O)c1ccccc1OC(=O)Cl. The zero-order valence-electron chi connectivity index (χ0n) is 7.62. The standard InChI is InChI=1S/C10H9ClO3/c1-2-8(12)7-5-3-4-6-9(7)14-10(11)13/h3-6H,2H2,1H3. The van der Waals surface area contributed by atoms with Crippen LogP contribution in [0.1, 0.15) is 23.7 Å². The Hall–Kier alpha value is -1.35. The van der Waals surface area contributed by atoms with Gasteiger partial charge in [-0.1, -0.05) is 19.1 Å². The second-order valence-electron chi connectivity index (χ2n) is 2.61. The maximum Gasteiger partial charge on any atom is 0.409 e. The van der Waals surface area contributed by atoms with Gasteiger partial charge in [0.25, 0.3) is 0 Å². The van der Waals surface area contributed by atoms with Crippen molar-refractivity contribution in [1.82, 2.24) is 0 Å². The van der Waals surface area contributed by atoms with Crippen LogP contribution < -0.4 is 4.74 Å². The highest BCUT2D eigenvalue weighted by molar-refractivity contribution is 6.61. The van der Waals surface area contributed by atoms with E-state index in [2.05, 4.69) is 4.74 Å². The van der Waals surface area contributed by atoms with Crippen molar-refractivity contribution >= 4 is 22.8 Å². The number of ether oxygens (including phenoxy) is 1. The van der Waals surface area contributed by atoms with Gasteiger partial charge >= 0.3 is 5.43 Å². The van der Waals surface area contributed by atoms with E-state index in [1.807, 2.05) is 0 Å². The van der Waals surface area contributed by atoms with Crippen molar-refractivity contribution in [2.75, 3.05) is 0 Å². The molecule has 0 bridgehead atoms. The van der Waals surface area contributed by atoms with Crippen LogP contribution in [0.15, 0.2) is 24.3 Å². The zero-order chi connectivity index (χ0) is 10.6. The van der Waals surface area contributed by atoms with Gasteiger partial charge in [0.05, 0.1) is 5.56 Å². The van der Waals surface area contributed by atoms with Crippen LogP contribution >= 0.6 is 11.6 Å². The predicted octanol–water partition coefficient (Wildman–Crippen LogP) is 3.02. The fourth-order valence-corrected chi connectivity index (χ4v) is 1.15. The van der Waals surface area contributed by atoms with Crippen LogP contribution in [-0.2, 0) is 0 Å². The molecule has 0 aromatic heterocycles. The maximum absolute atomic E-state index is 11.4. The first-order valence-corrected chi connectivity index (χ1v) is 4.52. The van der Waals surface area contributed by atoms with E-state index in [9.17, 15) is 9.59 Å². The predicted molar refractivity (Wildman–Crippen MR) is 52.9 cm³/mol. The Balaban J connectivity index is 3.02. The fourth-order valence-electron chi connectivity index (χ4n) is 1.06. The van der Waals surface area contributed by atoms with Crippen molar-refractivity contribution in [3.05, 3.63) is 29.8 Å². The molecule has 0 aliphatic heterocycles. The van der Waals surface area contributed by atoms with Crippen molar-refractivity contribution in [2.45, 2.75) is 13.3 Å². The number of halogens is 1. The number of benzene rings is 1. The van der Waals surface area contributed by atoms with Gasteiger partial charge in [0.1, 0.15) is 5.75 Å². The Morgan fingerprint density at radius 3 is 2.57 bits per heavy atom. The highest BCUT2D eigenvalue weighted by Crippen LogP contribution is 2.20. The molecule has 4 heteroatoms. The molecule has 14 heavy (non-hydrogen) atoms. The van der Waals surface area contributed by atoms with E-state index in [0.29, 0.717) is 12.0 Å². The molecule has 0 N–H and O–H groups in total. The number of ketones is 1. The molecule has 0 fully saturated rings. The van der Waals surface area contributed by atoms with Crippen molar-refractivity contribution in [3.8, 4) is 5.75 Å². The van der Waals surface area contributed by atoms with Crippen LogP contribution in [0.5, 0.6) is 5.75 Å².